The molecule has 1 aliphatic heterocycles. The monoisotopic (exact) mass is 270 g/mol. The molecule has 1 aliphatic rings. The zero-order chi connectivity index (χ0) is 14.6. The summed E-state index contributed by atoms with van der Waals surface area (Å²) in [7, 11) is 0. The van der Waals surface area contributed by atoms with Gasteiger partial charge >= 0.3 is 12.0 Å². The van der Waals surface area contributed by atoms with Gasteiger partial charge in [-0.1, -0.05) is 13.8 Å². The highest BCUT2D eigenvalue weighted by atomic mass is 16.5. The normalized spacial score (nSPS) is 24.3. The Hall–Kier alpha value is -1.59. The summed E-state index contributed by atoms with van der Waals surface area (Å²) in [6.07, 6.45) is 1.12. The smallest absolute Gasteiger partial charge is 0.325 e. The van der Waals surface area contributed by atoms with Gasteiger partial charge in [-0.2, -0.15) is 0 Å². The number of hydrogen-bond donors (Lipinski definition) is 1. The lowest BCUT2D eigenvalue weighted by molar-refractivity contribution is -0.154. The van der Waals surface area contributed by atoms with Crippen molar-refractivity contribution in [3.63, 3.8) is 0 Å². The van der Waals surface area contributed by atoms with Gasteiger partial charge in [0.25, 0.3) is 5.91 Å². The molecule has 1 rings (SSSR count). The van der Waals surface area contributed by atoms with Crippen molar-refractivity contribution in [1.82, 2.24) is 10.2 Å². The molecule has 108 valence electrons. The van der Waals surface area contributed by atoms with Gasteiger partial charge in [-0.15, -0.1) is 0 Å². The average Bonchev–Trinajstić information content (AvgIpc) is 2.55. The number of rotatable bonds is 6. The fourth-order valence-corrected chi connectivity index (χ4v) is 2.43. The second-order valence-electron chi connectivity index (χ2n) is 4.80. The summed E-state index contributed by atoms with van der Waals surface area (Å²) in [6, 6.07) is -0.433. The lowest BCUT2D eigenvalue weighted by Gasteiger charge is -2.29. The fraction of sp³-hybridized carbons (Fsp3) is 0.769. The molecule has 2 atom stereocenters. The van der Waals surface area contributed by atoms with Crippen LogP contribution in [0.1, 0.15) is 40.5 Å². The number of nitrogens with zero attached hydrogens (tertiary/aromatic N) is 1. The van der Waals surface area contributed by atoms with Crippen LogP contribution in [0.25, 0.3) is 0 Å². The van der Waals surface area contributed by atoms with Crippen LogP contribution in [-0.2, 0) is 14.3 Å². The van der Waals surface area contributed by atoms with E-state index in [-0.39, 0.29) is 12.5 Å². The number of esters is 1. The molecule has 0 saturated carbocycles. The molecule has 0 aromatic heterocycles. The summed E-state index contributed by atoms with van der Waals surface area (Å²) in [5.41, 5.74) is -1.20. The highest BCUT2D eigenvalue weighted by Gasteiger charge is 2.54. The minimum atomic E-state index is -1.20. The maximum absolute atomic E-state index is 12.4. The largest absolute Gasteiger partial charge is 0.466 e. The maximum Gasteiger partial charge on any atom is 0.325 e. The molecule has 1 N–H and O–H groups in total. The third-order valence-corrected chi connectivity index (χ3v) is 3.42. The molecule has 0 bridgehead atoms. The molecular formula is C13H22N2O4. The average molecular weight is 270 g/mol. The molecular weight excluding hydrogens is 248 g/mol. The molecule has 0 spiro atoms. The van der Waals surface area contributed by atoms with Crippen molar-refractivity contribution in [3.05, 3.63) is 0 Å². The van der Waals surface area contributed by atoms with Crippen molar-refractivity contribution in [2.75, 3.05) is 13.2 Å². The second-order valence-corrected chi connectivity index (χ2v) is 4.80. The van der Waals surface area contributed by atoms with Crippen molar-refractivity contribution >= 4 is 17.9 Å². The van der Waals surface area contributed by atoms with Crippen LogP contribution in [0.3, 0.4) is 0 Å². The van der Waals surface area contributed by atoms with Gasteiger partial charge in [0.1, 0.15) is 5.54 Å². The van der Waals surface area contributed by atoms with Crippen molar-refractivity contribution < 1.29 is 19.1 Å². The van der Waals surface area contributed by atoms with Crippen molar-refractivity contribution in [2.45, 2.75) is 46.1 Å². The zero-order valence-corrected chi connectivity index (χ0v) is 12.0. The van der Waals surface area contributed by atoms with Gasteiger partial charge < -0.3 is 10.1 Å². The van der Waals surface area contributed by atoms with Gasteiger partial charge in [0.15, 0.2) is 0 Å². The van der Waals surface area contributed by atoms with Crippen LogP contribution in [-0.4, -0.2) is 41.5 Å². The lowest BCUT2D eigenvalue weighted by Crippen LogP contribution is -2.53. The van der Waals surface area contributed by atoms with Crippen LogP contribution in [0, 0.1) is 5.92 Å². The Labute approximate surface area is 113 Å². The van der Waals surface area contributed by atoms with Gasteiger partial charge in [-0.25, -0.2) is 4.79 Å². The highest BCUT2D eigenvalue weighted by Crippen LogP contribution is 2.29. The number of carbonyl (C=O) groups is 3. The topological polar surface area (TPSA) is 75.7 Å². The molecule has 19 heavy (non-hydrogen) atoms. The Kier molecular flexibility index (Phi) is 4.91. The van der Waals surface area contributed by atoms with Gasteiger partial charge in [0.05, 0.1) is 12.5 Å². The Balaban J connectivity index is 2.99. The highest BCUT2D eigenvalue weighted by molar-refractivity contribution is 6.08. The first-order chi connectivity index (χ1) is 8.92. The number of imide groups is 1. The summed E-state index contributed by atoms with van der Waals surface area (Å²) < 4.78 is 4.99. The number of hydrogen-bond acceptors (Lipinski definition) is 4. The molecule has 0 aliphatic carbocycles. The summed E-state index contributed by atoms with van der Waals surface area (Å²) in [6.45, 7) is 7.61. The molecule has 1 fully saturated rings. The van der Waals surface area contributed by atoms with E-state index in [0.29, 0.717) is 19.4 Å². The lowest BCUT2D eigenvalue weighted by atomic mass is 9.83. The molecule has 6 heteroatoms. The first kappa shape index (κ1) is 15.5. The van der Waals surface area contributed by atoms with Crippen LogP contribution in [0.15, 0.2) is 0 Å². The van der Waals surface area contributed by atoms with E-state index in [9.17, 15) is 14.4 Å². The molecule has 6 nitrogen and oxygen atoms in total. The van der Waals surface area contributed by atoms with Gasteiger partial charge in [-0.05, 0) is 26.7 Å². The molecule has 0 radical (unpaired) electrons. The van der Waals surface area contributed by atoms with E-state index in [4.69, 9.17) is 4.74 Å². The summed E-state index contributed by atoms with van der Waals surface area (Å²) in [5, 5.41) is 2.64. The van der Waals surface area contributed by atoms with Crippen molar-refractivity contribution in [1.29, 1.82) is 0 Å². The minimum absolute atomic E-state index is 0.256. The Morgan fingerprint density at radius 1 is 1.37 bits per heavy atom. The fourth-order valence-electron chi connectivity index (χ4n) is 2.43. The van der Waals surface area contributed by atoms with E-state index in [1.165, 1.54) is 4.90 Å². The maximum atomic E-state index is 12.4. The summed E-state index contributed by atoms with van der Waals surface area (Å²) in [5.74, 6) is -1.45. The summed E-state index contributed by atoms with van der Waals surface area (Å²) >= 11 is 0. The van der Waals surface area contributed by atoms with Gasteiger partial charge in [0, 0.05) is 6.54 Å². The predicted molar refractivity (Wildman–Crippen MR) is 69.4 cm³/mol. The summed E-state index contributed by atoms with van der Waals surface area (Å²) in [4.78, 5) is 37.3. The van der Waals surface area contributed by atoms with Crippen LogP contribution < -0.4 is 5.32 Å². The van der Waals surface area contributed by atoms with Gasteiger partial charge in [-0.3, -0.25) is 14.5 Å². The van der Waals surface area contributed by atoms with E-state index in [1.54, 1.807) is 20.8 Å². The molecule has 0 aromatic rings. The van der Waals surface area contributed by atoms with E-state index in [2.05, 4.69) is 5.32 Å². The Bertz CT molecular complexity index is 383. The molecule has 1 saturated heterocycles. The number of amides is 3. The van der Waals surface area contributed by atoms with E-state index in [1.807, 2.05) is 6.92 Å². The number of carbonyl (C=O) groups excluding carboxylic acids is 3. The molecule has 1 heterocycles. The Morgan fingerprint density at radius 2 is 2.00 bits per heavy atom. The zero-order valence-electron chi connectivity index (χ0n) is 12.0. The van der Waals surface area contributed by atoms with Gasteiger partial charge in [0.2, 0.25) is 0 Å². The third kappa shape index (κ3) is 2.72. The number of ether oxygens (including phenoxy) is 1. The van der Waals surface area contributed by atoms with Crippen molar-refractivity contribution in [3.8, 4) is 0 Å². The first-order valence-corrected chi connectivity index (χ1v) is 6.73. The third-order valence-electron chi connectivity index (χ3n) is 3.42. The predicted octanol–water partition coefficient (Wildman–Crippen LogP) is 1.30. The van der Waals surface area contributed by atoms with E-state index >= 15 is 0 Å². The molecule has 0 aromatic carbocycles. The minimum Gasteiger partial charge on any atom is -0.466 e. The number of nitrogens with one attached hydrogen (secondary N) is 1. The van der Waals surface area contributed by atoms with Crippen molar-refractivity contribution in [2.24, 2.45) is 5.92 Å². The molecule has 2 unspecified atom stereocenters. The standard InChI is InChI=1S/C13H22N2O4/c1-5-8-15-11(17)13(4,14-12(15)18)9(6-2)10(16)19-7-3/h9H,5-8H2,1-4H3,(H,14,18). The number of urea groups is 1. The van der Waals surface area contributed by atoms with E-state index in [0.717, 1.165) is 0 Å². The van der Waals surface area contributed by atoms with Crippen LogP contribution in [0.2, 0.25) is 0 Å². The van der Waals surface area contributed by atoms with Crippen LogP contribution in [0.4, 0.5) is 4.79 Å². The van der Waals surface area contributed by atoms with Crippen LogP contribution in [0.5, 0.6) is 0 Å². The molecule has 3 amide bonds. The van der Waals surface area contributed by atoms with Crippen LogP contribution >= 0.6 is 0 Å². The SMILES string of the molecule is CCCN1C(=O)NC(C)(C(CC)C(=O)OCC)C1=O. The second kappa shape index (κ2) is 6.04. The first-order valence-electron chi connectivity index (χ1n) is 6.73. The Morgan fingerprint density at radius 3 is 2.47 bits per heavy atom. The quantitative estimate of drug-likeness (QED) is 0.583. The van der Waals surface area contributed by atoms with E-state index < -0.39 is 23.5 Å².